The molecule has 0 aliphatic carbocycles. The van der Waals surface area contributed by atoms with Crippen molar-refractivity contribution in [3.8, 4) is 0 Å². The highest BCUT2D eigenvalue weighted by Gasteiger charge is 2.09. The van der Waals surface area contributed by atoms with E-state index in [2.05, 4.69) is 24.5 Å². The second-order valence-corrected chi connectivity index (χ2v) is 8.42. The lowest BCUT2D eigenvalue weighted by Crippen LogP contribution is -2.37. The summed E-state index contributed by atoms with van der Waals surface area (Å²) in [6.07, 6.45) is 12.7. The maximum Gasteiger partial charge on any atom is 0.220 e. The van der Waals surface area contributed by atoms with Crippen LogP contribution in [0.3, 0.4) is 0 Å². The van der Waals surface area contributed by atoms with E-state index in [0.29, 0.717) is 39.3 Å². The van der Waals surface area contributed by atoms with Gasteiger partial charge in [-0.3, -0.25) is 9.59 Å². The normalized spacial score (nSPS) is 13.1. The Hall–Kier alpha value is -1.14. The van der Waals surface area contributed by atoms with E-state index in [0.717, 1.165) is 25.7 Å². The van der Waals surface area contributed by atoms with Gasteiger partial charge in [0.15, 0.2) is 0 Å². The smallest absolute Gasteiger partial charge is 0.220 e. The molecular formula is C24H48N2O4. The first-order valence-corrected chi connectivity index (χ1v) is 12.2. The van der Waals surface area contributed by atoms with Crippen molar-refractivity contribution in [2.75, 3.05) is 26.4 Å². The van der Waals surface area contributed by atoms with E-state index in [9.17, 15) is 9.59 Å². The third-order valence-corrected chi connectivity index (χ3v) is 4.94. The Morgan fingerprint density at radius 2 is 1.00 bits per heavy atom. The Bertz CT molecular complexity index is 380. The Kier molecular flexibility index (Phi) is 20.3. The summed E-state index contributed by atoms with van der Waals surface area (Å²) in [7, 11) is 0. The third kappa shape index (κ3) is 20.1. The molecule has 6 nitrogen and oxygen atoms in total. The average Bonchev–Trinajstić information content (AvgIpc) is 2.70. The summed E-state index contributed by atoms with van der Waals surface area (Å²) in [6, 6.07) is 0.00681. The van der Waals surface area contributed by atoms with Gasteiger partial charge >= 0.3 is 0 Å². The minimum Gasteiger partial charge on any atom is -0.377 e. The number of hydrogen-bond donors (Lipinski definition) is 2. The van der Waals surface area contributed by atoms with Gasteiger partial charge in [-0.2, -0.15) is 0 Å². The molecule has 0 bridgehead atoms. The molecule has 0 rings (SSSR count). The van der Waals surface area contributed by atoms with Crippen molar-refractivity contribution in [1.82, 2.24) is 10.6 Å². The van der Waals surface area contributed by atoms with Crippen molar-refractivity contribution in [2.24, 2.45) is 0 Å². The zero-order chi connectivity index (χ0) is 22.5. The topological polar surface area (TPSA) is 76.7 Å². The molecule has 0 aliphatic heterocycles. The molecule has 0 fully saturated rings. The fourth-order valence-electron chi connectivity index (χ4n) is 3.19. The van der Waals surface area contributed by atoms with Crippen molar-refractivity contribution in [1.29, 1.82) is 0 Å². The summed E-state index contributed by atoms with van der Waals surface area (Å²) in [5, 5.41) is 5.95. The summed E-state index contributed by atoms with van der Waals surface area (Å²) in [4.78, 5) is 23.7. The van der Waals surface area contributed by atoms with E-state index in [4.69, 9.17) is 9.47 Å². The van der Waals surface area contributed by atoms with Gasteiger partial charge < -0.3 is 20.1 Å². The summed E-state index contributed by atoms with van der Waals surface area (Å²) in [5.74, 6) is 0.211. The van der Waals surface area contributed by atoms with Gasteiger partial charge in [0.25, 0.3) is 0 Å². The number of nitrogens with one attached hydrogen (secondary N) is 2. The van der Waals surface area contributed by atoms with Crippen molar-refractivity contribution < 1.29 is 19.1 Å². The van der Waals surface area contributed by atoms with Crippen LogP contribution in [0.15, 0.2) is 0 Å². The zero-order valence-corrected chi connectivity index (χ0v) is 20.1. The van der Waals surface area contributed by atoms with Gasteiger partial charge in [0.1, 0.15) is 0 Å². The molecule has 2 amide bonds. The highest BCUT2D eigenvalue weighted by Crippen LogP contribution is 2.06. The molecule has 0 aromatic carbocycles. The molecule has 6 heteroatoms. The van der Waals surface area contributed by atoms with Crippen LogP contribution in [0, 0.1) is 0 Å². The predicted octanol–water partition coefficient (Wildman–Crippen LogP) is 4.75. The van der Waals surface area contributed by atoms with E-state index in [-0.39, 0.29) is 23.9 Å². The molecule has 2 unspecified atom stereocenters. The number of ether oxygens (including phenoxy) is 2. The highest BCUT2D eigenvalue weighted by molar-refractivity contribution is 5.76. The van der Waals surface area contributed by atoms with E-state index in [1.54, 1.807) is 0 Å². The van der Waals surface area contributed by atoms with Crippen LogP contribution >= 0.6 is 0 Å². The molecule has 0 saturated heterocycles. The SMILES string of the molecule is CCCCCCCC(=O)NC(C)COCCOCC(C)NC(=O)CCCCCCC. The Labute approximate surface area is 185 Å². The minimum absolute atomic E-state index is 0.00341. The average molecular weight is 429 g/mol. The highest BCUT2D eigenvalue weighted by atomic mass is 16.5. The number of unbranched alkanes of at least 4 members (excludes halogenated alkanes) is 8. The van der Waals surface area contributed by atoms with Gasteiger partial charge in [-0.1, -0.05) is 65.2 Å². The minimum atomic E-state index is 0.00341. The number of carbonyl (C=O) groups is 2. The van der Waals surface area contributed by atoms with Gasteiger partial charge in [0.05, 0.1) is 26.4 Å². The van der Waals surface area contributed by atoms with Crippen LogP contribution in [0.25, 0.3) is 0 Å². The van der Waals surface area contributed by atoms with Gasteiger partial charge in [-0.05, 0) is 26.7 Å². The van der Waals surface area contributed by atoms with Gasteiger partial charge in [0.2, 0.25) is 11.8 Å². The van der Waals surface area contributed by atoms with Crippen LogP contribution in [0.1, 0.15) is 105 Å². The molecular weight excluding hydrogens is 380 g/mol. The van der Waals surface area contributed by atoms with Crippen molar-refractivity contribution >= 4 is 11.8 Å². The van der Waals surface area contributed by atoms with E-state index in [1.165, 1.54) is 38.5 Å². The van der Waals surface area contributed by atoms with Crippen molar-refractivity contribution in [3.05, 3.63) is 0 Å². The Balaban J connectivity index is 3.53. The van der Waals surface area contributed by atoms with E-state index < -0.39 is 0 Å². The van der Waals surface area contributed by atoms with Crippen LogP contribution in [0.5, 0.6) is 0 Å². The molecule has 0 spiro atoms. The van der Waals surface area contributed by atoms with Crippen molar-refractivity contribution in [2.45, 2.75) is 117 Å². The maximum atomic E-state index is 11.9. The first kappa shape index (κ1) is 28.9. The number of hydrogen-bond acceptors (Lipinski definition) is 4. The van der Waals surface area contributed by atoms with Crippen LogP contribution in [0.4, 0.5) is 0 Å². The van der Waals surface area contributed by atoms with Crippen LogP contribution in [-0.2, 0) is 19.1 Å². The van der Waals surface area contributed by atoms with Crippen LogP contribution < -0.4 is 10.6 Å². The fraction of sp³-hybridized carbons (Fsp3) is 0.917. The summed E-state index contributed by atoms with van der Waals surface area (Å²) >= 11 is 0. The quantitative estimate of drug-likeness (QED) is 0.259. The maximum absolute atomic E-state index is 11.9. The molecule has 2 N–H and O–H groups in total. The molecule has 0 saturated carbocycles. The fourth-order valence-corrected chi connectivity index (χ4v) is 3.19. The predicted molar refractivity (Wildman–Crippen MR) is 124 cm³/mol. The lowest BCUT2D eigenvalue weighted by Gasteiger charge is -2.16. The lowest BCUT2D eigenvalue weighted by molar-refractivity contribution is -0.123. The van der Waals surface area contributed by atoms with Crippen LogP contribution in [-0.4, -0.2) is 50.3 Å². The second-order valence-electron chi connectivity index (χ2n) is 8.42. The molecule has 178 valence electrons. The first-order valence-electron chi connectivity index (χ1n) is 12.2. The monoisotopic (exact) mass is 428 g/mol. The summed E-state index contributed by atoms with van der Waals surface area (Å²) < 4.78 is 11.2. The lowest BCUT2D eigenvalue weighted by atomic mass is 10.1. The van der Waals surface area contributed by atoms with E-state index >= 15 is 0 Å². The standard InChI is InChI=1S/C24H48N2O4/c1-5-7-9-11-13-15-23(27)25-21(3)19-29-17-18-30-20-22(4)26-24(28)16-14-12-10-8-6-2/h21-22H,5-20H2,1-4H3,(H,25,27)(H,26,28). The Morgan fingerprint density at radius 3 is 1.37 bits per heavy atom. The zero-order valence-electron chi connectivity index (χ0n) is 20.1. The number of carbonyl (C=O) groups excluding carboxylic acids is 2. The van der Waals surface area contributed by atoms with Crippen LogP contribution in [0.2, 0.25) is 0 Å². The summed E-state index contributed by atoms with van der Waals surface area (Å²) in [6.45, 7) is 10.2. The second kappa shape index (κ2) is 21.1. The molecule has 2 atom stereocenters. The van der Waals surface area contributed by atoms with Gasteiger partial charge in [0, 0.05) is 24.9 Å². The molecule has 0 aromatic heterocycles. The first-order chi connectivity index (χ1) is 14.5. The van der Waals surface area contributed by atoms with E-state index in [1.807, 2.05) is 13.8 Å². The molecule has 30 heavy (non-hydrogen) atoms. The van der Waals surface area contributed by atoms with Gasteiger partial charge in [-0.25, -0.2) is 0 Å². The Morgan fingerprint density at radius 1 is 0.633 bits per heavy atom. The van der Waals surface area contributed by atoms with Gasteiger partial charge in [-0.15, -0.1) is 0 Å². The third-order valence-electron chi connectivity index (χ3n) is 4.94. The molecule has 0 heterocycles. The van der Waals surface area contributed by atoms with Crippen molar-refractivity contribution in [3.63, 3.8) is 0 Å². The summed E-state index contributed by atoms with van der Waals surface area (Å²) in [5.41, 5.74) is 0. The largest absolute Gasteiger partial charge is 0.377 e. The number of rotatable bonds is 21. The number of amides is 2. The molecule has 0 aliphatic rings. The molecule has 0 aromatic rings. The molecule has 0 radical (unpaired) electrons.